The number of benzene rings is 2. The molecule has 34 heavy (non-hydrogen) atoms. The third kappa shape index (κ3) is 4.80. The molecule has 1 saturated carbocycles. The van der Waals surface area contributed by atoms with Crippen LogP contribution in [0.1, 0.15) is 78.9 Å². The standard InChI is InChI=1S/C28H34O6/c1-18(2)25-23(27(29)30)10-11-24(34-17-22-16-33-22)26(25)28(12-4-3-5-13-28)19-6-8-20(9-7-19)31-14-21-15-32-21/h6-11,18,21-22H,3-5,12-17H2,1-2H3,(H,29,30). The number of carboxylic acids is 1. The topological polar surface area (TPSA) is 80.8 Å². The van der Waals surface area contributed by atoms with Crippen LogP contribution < -0.4 is 9.47 Å². The van der Waals surface area contributed by atoms with Crippen molar-refractivity contribution >= 4 is 5.97 Å². The quantitative estimate of drug-likeness (QED) is 0.478. The van der Waals surface area contributed by atoms with Crippen molar-refractivity contribution in [2.24, 2.45) is 0 Å². The summed E-state index contributed by atoms with van der Waals surface area (Å²) in [7, 11) is 0. The van der Waals surface area contributed by atoms with E-state index < -0.39 is 5.97 Å². The van der Waals surface area contributed by atoms with Crippen LogP contribution in [-0.2, 0) is 14.9 Å². The molecule has 3 fully saturated rings. The minimum atomic E-state index is -0.890. The molecule has 2 aliphatic heterocycles. The molecule has 2 heterocycles. The zero-order valence-electron chi connectivity index (χ0n) is 20.0. The molecule has 2 atom stereocenters. The number of hydrogen-bond acceptors (Lipinski definition) is 5. The van der Waals surface area contributed by atoms with Crippen molar-refractivity contribution in [3.8, 4) is 11.5 Å². The second kappa shape index (κ2) is 9.59. The van der Waals surface area contributed by atoms with Crippen molar-refractivity contribution in [2.45, 2.75) is 69.5 Å². The minimum absolute atomic E-state index is 0.0433. The summed E-state index contributed by atoms with van der Waals surface area (Å²) >= 11 is 0. The van der Waals surface area contributed by atoms with Gasteiger partial charge < -0.3 is 24.1 Å². The maximum Gasteiger partial charge on any atom is 0.335 e. The van der Waals surface area contributed by atoms with E-state index in [-0.39, 0.29) is 23.5 Å². The van der Waals surface area contributed by atoms with Gasteiger partial charge in [-0.05, 0) is 54.2 Å². The van der Waals surface area contributed by atoms with Gasteiger partial charge in [0.2, 0.25) is 0 Å². The van der Waals surface area contributed by atoms with Crippen LogP contribution in [0.15, 0.2) is 36.4 Å². The van der Waals surface area contributed by atoms with Gasteiger partial charge >= 0.3 is 5.97 Å². The number of rotatable bonds is 10. The summed E-state index contributed by atoms with van der Waals surface area (Å²) in [5.74, 6) is 0.772. The number of aromatic carboxylic acids is 1. The molecule has 2 aromatic carbocycles. The molecule has 182 valence electrons. The average Bonchev–Trinajstić information content (AvgIpc) is 3.76. The monoisotopic (exact) mass is 466 g/mol. The fourth-order valence-electron chi connectivity index (χ4n) is 5.41. The van der Waals surface area contributed by atoms with Gasteiger partial charge in [-0.2, -0.15) is 0 Å². The molecule has 0 bridgehead atoms. The van der Waals surface area contributed by atoms with Gasteiger partial charge in [0.1, 0.15) is 36.9 Å². The Morgan fingerprint density at radius 2 is 1.59 bits per heavy atom. The first-order valence-electron chi connectivity index (χ1n) is 12.5. The van der Waals surface area contributed by atoms with Gasteiger partial charge in [0.15, 0.2) is 0 Å². The minimum Gasteiger partial charge on any atom is -0.491 e. The van der Waals surface area contributed by atoms with Gasteiger partial charge in [0, 0.05) is 11.0 Å². The SMILES string of the molecule is CC(C)c1c(C(=O)O)ccc(OCC2CO2)c1C1(c2ccc(OCC3CO3)cc2)CCCCC1. The fraction of sp³-hybridized carbons (Fsp3) is 0.536. The summed E-state index contributed by atoms with van der Waals surface area (Å²) in [5.41, 5.74) is 3.19. The fourth-order valence-corrected chi connectivity index (χ4v) is 5.41. The van der Waals surface area contributed by atoms with E-state index in [1.165, 1.54) is 12.0 Å². The van der Waals surface area contributed by atoms with Crippen LogP contribution in [0.5, 0.6) is 11.5 Å². The summed E-state index contributed by atoms with van der Waals surface area (Å²) < 4.78 is 22.8. The molecule has 0 radical (unpaired) electrons. The first kappa shape index (κ1) is 23.2. The van der Waals surface area contributed by atoms with Crippen molar-refractivity contribution in [1.29, 1.82) is 0 Å². The average molecular weight is 467 g/mol. The van der Waals surface area contributed by atoms with Crippen molar-refractivity contribution in [3.63, 3.8) is 0 Å². The molecule has 3 aliphatic rings. The lowest BCUT2D eigenvalue weighted by Gasteiger charge is -2.41. The lowest BCUT2D eigenvalue weighted by atomic mass is 9.62. The smallest absolute Gasteiger partial charge is 0.335 e. The van der Waals surface area contributed by atoms with Crippen molar-refractivity contribution in [1.82, 2.24) is 0 Å². The van der Waals surface area contributed by atoms with Crippen LogP contribution >= 0.6 is 0 Å². The second-order valence-electron chi connectivity index (χ2n) is 10.1. The molecule has 2 saturated heterocycles. The zero-order valence-corrected chi connectivity index (χ0v) is 20.0. The third-order valence-corrected chi connectivity index (χ3v) is 7.27. The number of epoxide rings is 2. The molecule has 2 unspecified atom stereocenters. The molecule has 0 spiro atoms. The predicted molar refractivity (Wildman–Crippen MR) is 128 cm³/mol. The highest BCUT2D eigenvalue weighted by Gasteiger charge is 2.42. The van der Waals surface area contributed by atoms with Crippen LogP contribution in [0.4, 0.5) is 0 Å². The van der Waals surface area contributed by atoms with Crippen LogP contribution in [-0.4, -0.2) is 49.7 Å². The van der Waals surface area contributed by atoms with E-state index in [0.717, 1.165) is 61.5 Å². The maximum absolute atomic E-state index is 12.3. The molecule has 2 aromatic rings. The Kier molecular flexibility index (Phi) is 6.54. The number of carbonyl (C=O) groups is 1. The summed E-state index contributed by atoms with van der Waals surface area (Å²) in [5, 5.41) is 10.1. The Morgan fingerprint density at radius 3 is 2.15 bits per heavy atom. The molecule has 0 amide bonds. The van der Waals surface area contributed by atoms with Crippen molar-refractivity contribution in [2.75, 3.05) is 26.4 Å². The highest BCUT2D eigenvalue weighted by Crippen LogP contribution is 2.51. The van der Waals surface area contributed by atoms with Gasteiger partial charge in [-0.25, -0.2) is 4.79 Å². The Morgan fingerprint density at radius 1 is 0.971 bits per heavy atom. The lowest BCUT2D eigenvalue weighted by molar-refractivity contribution is 0.0694. The normalized spacial score (nSPS) is 22.9. The molecule has 1 aliphatic carbocycles. The van der Waals surface area contributed by atoms with E-state index in [0.29, 0.717) is 18.8 Å². The Hall–Kier alpha value is -2.57. The molecule has 1 N–H and O–H groups in total. The summed E-state index contributed by atoms with van der Waals surface area (Å²) in [4.78, 5) is 12.3. The number of ether oxygens (including phenoxy) is 4. The van der Waals surface area contributed by atoms with E-state index in [1.807, 2.05) is 18.2 Å². The van der Waals surface area contributed by atoms with Gasteiger partial charge in [-0.1, -0.05) is 45.2 Å². The van der Waals surface area contributed by atoms with E-state index >= 15 is 0 Å². The van der Waals surface area contributed by atoms with Crippen molar-refractivity contribution in [3.05, 3.63) is 58.7 Å². The van der Waals surface area contributed by atoms with Crippen LogP contribution in [0.25, 0.3) is 0 Å². The Bertz CT molecular complexity index is 1010. The Labute approximate surface area is 201 Å². The Balaban J connectivity index is 1.61. The highest BCUT2D eigenvalue weighted by molar-refractivity contribution is 5.91. The number of carboxylic acid groups (broad SMARTS) is 1. The number of hydrogen-bond donors (Lipinski definition) is 1. The molecule has 6 heteroatoms. The summed E-state index contributed by atoms with van der Waals surface area (Å²) in [6, 6.07) is 11.9. The van der Waals surface area contributed by atoms with Gasteiger partial charge in [0.05, 0.1) is 18.8 Å². The summed E-state index contributed by atoms with van der Waals surface area (Å²) in [6.45, 7) is 6.71. The van der Waals surface area contributed by atoms with Gasteiger partial charge in [-0.3, -0.25) is 0 Å². The molecule has 5 rings (SSSR count). The van der Waals surface area contributed by atoms with Crippen LogP contribution in [0.2, 0.25) is 0 Å². The lowest BCUT2D eigenvalue weighted by Crippen LogP contribution is -2.33. The van der Waals surface area contributed by atoms with Gasteiger partial charge in [0.25, 0.3) is 0 Å². The molecule has 0 aromatic heterocycles. The van der Waals surface area contributed by atoms with E-state index in [4.69, 9.17) is 18.9 Å². The molecule has 6 nitrogen and oxygen atoms in total. The molecular weight excluding hydrogens is 432 g/mol. The van der Waals surface area contributed by atoms with Crippen LogP contribution in [0, 0.1) is 0 Å². The van der Waals surface area contributed by atoms with Gasteiger partial charge in [-0.15, -0.1) is 0 Å². The largest absolute Gasteiger partial charge is 0.491 e. The first-order valence-corrected chi connectivity index (χ1v) is 12.5. The van der Waals surface area contributed by atoms with E-state index in [1.54, 1.807) is 6.07 Å². The predicted octanol–water partition coefficient (Wildman–Crippen LogP) is 5.31. The van der Waals surface area contributed by atoms with Crippen LogP contribution in [0.3, 0.4) is 0 Å². The summed E-state index contributed by atoms with van der Waals surface area (Å²) in [6.07, 6.45) is 5.64. The van der Waals surface area contributed by atoms with E-state index in [2.05, 4.69) is 26.0 Å². The first-order chi connectivity index (χ1) is 16.5. The molecular formula is C28H34O6. The second-order valence-corrected chi connectivity index (χ2v) is 10.1. The maximum atomic E-state index is 12.3. The highest BCUT2D eigenvalue weighted by atomic mass is 16.6. The van der Waals surface area contributed by atoms with Crippen molar-refractivity contribution < 1.29 is 28.8 Å². The van der Waals surface area contributed by atoms with E-state index in [9.17, 15) is 9.90 Å². The zero-order chi connectivity index (χ0) is 23.7. The third-order valence-electron chi connectivity index (χ3n) is 7.27.